The number of hydrogen-bond donors (Lipinski definition) is 2. The van der Waals surface area contributed by atoms with Gasteiger partial charge in [0.2, 0.25) is 6.79 Å². The normalized spacial score (nSPS) is 13.0. The number of fused-ring (bicyclic) bond motifs is 1. The Labute approximate surface area is 140 Å². The molecule has 0 atom stereocenters. The van der Waals surface area contributed by atoms with Gasteiger partial charge in [-0.1, -0.05) is 0 Å². The second kappa shape index (κ2) is 8.14. The van der Waals surface area contributed by atoms with Crippen molar-refractivity contribution >= 4 is 5.96 Å². The van der Waals surface area contributed by atoms with Gasteiger partial charge in [-0.05, 0) is 24.3 Å². The Bertz CT molecular complexity index is 670. The van der Waals surface area contributed by atoms with Crippen LogP contribution in [0.2, 0.25) is 0 Å². The smallest absolute Gasteiger partial charge is 0.231 e. The Morgan fingerprint density at radius 3 is 2.88 bits per heavy atom. The van der Waals surface area contributed by atoms with Crippen molar-refractivity contribution in [3.05, 3.63) is 42.4 Å². The van der Waals surface area contributed by atoms with E-state index in [-0.39, 0.29) is 6.79 Å². The predicted octanol–water partition coefficient (Wildman–Crippen LogP) is 1.79. The summed E-state index contributed by atoms with van der Waals surface area (Å²) in [6, 6.07) is 9.38. The molecule has 1 aromatic carbocycles. The second-order valence-electron chi connectivity index (χ2n) is 5.12. The number of hydrogen-bond acceptors (Lipinski definition) is 5. The van der Waals surface area contributed by atoms with Crippen molar-refractivity contribution < 1.29 is 18.6 Å². The van der Waals surface area contributed by atoms with E-state index in [1.807, 2.05) is 30.3 Å². The minimum absolute atomic E-state index is 0.264. The maximum atomic E-state index is 5.69. The quantitative estimate of drug-likeness (QED) is 0.458. The van der Waals surface area contributed by atoms with Crippen LogP contribution >= 0.6 is 0 Å². The lowest BCUT2D eigenvalue weighted by atomic mass is 10.3. The third-order valence-electron chi connectivity index (χ3n) is 3.47. The molecule has 0 saturated carbocycles. The van der Waals surface area contributed by atoms with Crippen molar-refractivity contribution in [2.75, 3.05) is 33.5 Å². The standard InChI is InChI=1S/C17H21N3O4/c1-18-17(19-7-6-13-3-2-9-21-13)20-8-10-22-14-4-5-15-16(11-14)24-12-23-15/h2-5,9,11H,6-8,10,12H2,1H3,(H2,18,19,20). The first-order chi connectivity index (χ1) is 11.8. The van der Waals surface area contributed by atoms with Crippen LogP contribution in [-0.2, 0) is 6.42 Å². The van der Waals surface area contributed by atoms with Crippen molar-refractivity contribution in [3.8, 4) is 17.2 Å². The number of nitrogens with zero attached hydrogens (tertiary/aromatic N) is 1. The number of furan rings is 1. The predicted molar refractivity (Wildman–Crippen MR) is 89.8 cm³/mol. The van der Waals surface area contributed by atoms with Crippen molar-refractivity contribution in [2.24, 2.45) is 4.99 Å². The zero-order chi connectivity index (χ0) is 16.6. The highest BCUT2D eigenvalue weighted by Gasteiger charge is 2.13. The first-order valence-corrected chi connectivity index (χ1v) is 7.84. The highest BCUT2D eigenvalue weighted by molar-refractivity contribution is 5.79. The van der Waals surface area contributed by atoms with E-state index in [2.05, 4.69) is 15.6 Å². The van der Waals surface area contributed by atoms with Crippen molar-refractivity contribution in [1.29, 1.82) is 0 Å². The molecule has 0 radical (unpaired) electrons. The molecule has 24 heavy (non-hydrogen) atoms. The maximum absolute atomic E-state index is 5.69. The fourth-order valence-electron chi connectivity index (χ4n) is 2.28. The van der Waals surface area contributed by atoms with Crippen LogP contribution in [0.25, 0.3) is 0 Å². The van der Waals surface area contributed by atoms with Crippen LogP contribution in [0.5, 0.6) is 17.2 Å². The number of nitrogens with one attached hydrogen (secondary N) is 2. The molecule has 1 aliphatic heterocycles. The van der Waals surface area contributed by atoms with Crippen LogP contribution in [0.1, 0.15) is 5.76 Å². The van der Waals surface area contributed by atoms with Gasteiger partial charge in [0, 0.05) is 26.1 Å². The summed E-state index contributed by atoms with van der Waals surface area (Å²) in [6.45, 7) is 2.16. The van der Waals surface area contributed by atoms with Gasteiger partial charge in [0.05, 0.1) is 12.8 Å². The summed E-state index contributed by atoms with van der Waals surface area (Å²) in [5.74, 6) is 3.90. The summed E-state index contributed by atoms with van der Waals surface area (Å²) < 4.78 is 21.6. The first-order valence-electron chi connectivity index (χ1n) is 7.84. The largest absolute Gasteiger partial charge is 0.492 e. The van der Waals surface area contributed by atoms with Crippen molar-refractivity contribution in [1.82, 2.24) is 10.6 Å². The Morgan fingerprint density at radius 2 is 2.04 bits per heavy atom. The molecule has 7 heteroatoms. The number of aliphatic imine (C=N–C) groups is 1. The summed E-state index contributed by atoms with van der Waals surface area (Å²) in [5.41, 5.74) is 0. The van der Waals surface area contributed by atoms with Gasteiger partial charge in [-0.25, -0.2) is 0 Å². The molecule has 0 spiro atoms. The van der Waals surface area contributed by atoms with Crippen LogP contribution in [0.3, 0.4) is 0 Å². The molecule has 0 aliphatic carbocycles. The molecule has 2 heterocycles. The van der Waals surface area contributed by atoms with Gasteiger partial charge in [0.1, 0.15) is 18.1 Å². The molecule has 0 bridgehead atoms. The lowest BCUT2D eigenvalue weighted by molar-refractivity contribution is 0.173. The van der Waals surface area contributed by atoms with Gasteiger partial charge in [0.25, 0.3) is 0 Å². The van der Waals surface area contributed by atoms with E-state index in [1.54, 1.807) is 13.3 Å². The van der Waals surface area contributed by atoms with Gasteiger partial charge in [-0.3, -0.25) is 4.99 Å². The van der Waals surface area contributed by atoms with E-state index < -0.39 is 0 Å². The van der Waals surface area contributed by atoms with E-state index in [1.165, 1.54) is 0 Å². The molecule has 2 N–H and O–H groups in total. The number of rotatable bonds is 7. The number of ether oxygens (including phenoxy) is 3. The fraction of sp³-hybridized carbons (Fsp3) is 0.353. The topological polar surface area (TPSA) is 77.3 Å². The van der Waals surface area contributed by atoms with E-state index >= 15 is 0 Å². The average Bonchev–Trinajstić information content (AvgIpc) is 3.27. The van der Waals surface area contributed by atoms with Crippen LogP contribution in [0.15, 0.2) is 46.0 Å². The SMILES string of the molecule is CN=C(NCCOc1ccc2c(c1)OCO2)NCCc1ccco1. The summed E-state index contributed by atoms with van der Waals surface area (Å²) in [5, 5.41) is 6.43. The molecule has 3 rings (SSSR count). The fourth-order valence-corrected chi connectivity index (χ4v) is 2.28. The summed E-state index contributed by atoms with van der Waals surface area (Å²) >= 11 is 0. The zero-order valence-electron chi connectivity index (χ0n) is 13.6. The minimum Gasteiger partial charge on any atom is -0.492 e. The molecule has 1 aliphatic rings. The monoisotopic (exact) mass is 331 g/mol. The summed E-state index contributed by atoms with van der Waals surface area (Å²) in [6.07, 6.45) is 2.48. The van der Waals surface area contributed by atoms with E-state index in [4.69, 9.17) is 18.6 Å². The average molecular weight is 331 g/mol. The van der Waals surface area contributed by atoms with Gasteiger partial charge in [-0.15, -0.1) is 0 Å². The zero-order valence-corrected chi connectivity index (χ0v) is 13.6. The first kappa shape index (κ1) is 16.0. The van der Waals surface area contributed by atoms with Crippen molar-refractivity contribution in [3.63, 3.8) is 0 Å². The summed E-state index contributed by atoms with van der Waals surface area (Å²) in [4.78, 5) is 4.17. The Hall–Kier alpha value is -2.83. The molecule has 7 nitrogen and oxygen atoms in total. The third kappa shape index (κ3) is 4.34. The molecular weight excluding hydrogens is 310 g/mol. The van der Waals surface area contributed by atoms with Crippen LogP contribution < -0.4 is 24.8 Å². The van der Waals surface area contributed by atoms with Gasteiger partial charge in [0.15, 0.2) is 17.5 Å². The minimum atomic E-state index is 0.264. The second-order valence-corrected chi connectivity index (χ2v) is 5.12. The molecule has 0 unspecified atom stereocenters. The summed E-state index contributed by atoms with van der Waals surface area (Å²) in [7, 11) is 1.74. The lowest BCUT2D eigenvalue weighted by Crippen LogP contribution is -2.40. The van der Waals surface area contributed by atoms with Crippen LogP contribution in [0, 0.1) is 0 Å². The van der Waals surface area contributed by atoms with Crippen LogP contribution in [-0.4, -0.2) is 39.5 Å². The Balaban J connectivity index is 1.34. The molecular formula is C17H21N3O4. The molecule has 2 aromatic rings. The van der Waals surface area contributed by atoms with E-state index in [0.29, 0.717) is 13.2 Å². The molecule has 0 fully saturated rings. The number of benzene rings is 1. The lowest BCUT2D eigenvalue weighted by Gasteiger charge is -2.12. The van der Waals surface area contributed by atoms with Gasteiger partial charge < -0.3 is 29.3 Å². The molecule has 128 valence electrons. The Kier molecular flexibility index (Phi) is 5.44. The van der Waals surface area contributed by atoms with Gasteiger partial charge >= 0.3 is 0 Å². The maximum Gasteiger partial charge on any atom is 0.231 e. The van der Waals surface area contributed by atoms with E-state index in [0.717, 1.165) is 41.9 Å². The Morgan fingerprint density at radius 1 is 1.17 bits per heavy atom. The highest BCUT2D eigenvalue weighted by Crippen LogP contribution is 2.34. The van der Waals surface area contributed by atoms with Crippen LogP contribution in [0.4, 0.5) is 0 Å². The molecule has 0 amide bonds. The number of guanidine groups is 1. The highest BCUT2D eigenvalue weighted by atomic mass is 16.7. The van der Waals surface area contributed by atoms with E-state index in [9.17, 15) is 0 Å². The van der Waals surface area contributed by atoms with Crippen molar-refractivity contribution in [2.45, 2.75) is 6.42 Å². The molecule has 1 aromatic heterocycles. The molecule has 0 saturated heterocycles. The third-order valence-corrected chi connectivity index (χ3v) is 3.47. The van der Waals surface area contributed by atoms with Gasteiger partial charge in [-0.2, -0.15) is 0 Å².